The predicted octanol–water partition coefficient (Wildman–Crippen LogP) is 3.50. The molecule has 2 saturated carbocycles. The minimum absolute atomic E-state index is 0.592. The second-order valence-corrected chi connectivity index (χ2v) is 6.37. The zero-order valence-corrected chi connectivity index (χ0v) is 12.3. The van der Waals surface area contributed by atoms with Crippen LogP contribution in [0.25, 0.3) is 0 Å². The average Bonchev–Trinajstić information content (AvgIpc) is 3.16. The smallest absolute Gasteiger partial charge is 0.0762 e. The van der Waals surface area contributed by atoms with Gasteiger partial charge in [0.15, 0.2) is 0 Å². The van der Waals surface area contributed by atoms with Gasteiger partial charge in [-0.25, -0.2) is 0 Å². The summed E-state index contributed by atoms with van der Waals surface area (Å²) >= 11 is 6.01. The lowest BCUT2D eigenvalue weighted by atomic mass is 10.1. The van der Waals surface area contributed by atoms with Crippen molar-refractivity contribution < 1.29 is 0 Å². The Hall–Kier alpha value is -0.540. The van der Waals surface area contributed by atoms with E-state index in [1.807, 2.05) is 0 Å². The zero-order chi connectivity index (χ0) is 13.1. The van der Waals surface area contributed by atoms with E-state index in [0.29, 0.717) is 18.0 Å². The summed E-state index contributed by atoms with van der Waals surface area (Å²) in [5.41, 5.74) is 1.17. The Labute approximate surface area is 120 Å². The van der Waals surface area contributed by atoms with Gasteiger partial charge in [0.25, 0.3) is 0 Å². The van der Waals surface area contributed by atoms with Crippen LogP contribution in [-0.4, -0.2) is 21.7 Å². The van der Waals surface area contributed by atoms with Gasteiger partial charge in [-0.15, -0.1) is 11.6 Å². The maximum absolute atomic E-state index is 6.01. The van der Waals surface area contributed by atoms with Crippen LogP contribution in [0.2, 0.25) is 0 Å². The number of hydrogen-bond donors (Lipinski definition) is 1. The van der Waals surface area contributed by atoms with Crippen LogP contribution >= 0.6 is 11.6 Å². The van der Waals surface area contributed by atoms with Crippen LogP contribution in [-0.2, 0) is 6.54 Å². The van der Waals surface area contributed by atoms with Gasteiger partial charge in [0.1, 0.15) is 0 Å². The molecule has 19 heavy (non-hydrogen) atoms. The molecular formula is C15H24ClN3. The SMILES string of the molecule is ClCC1CCCC1NCc1ccn(C2CCCC2)n1. The second-order valence-electron chi connectivity index (χ2n) is 6.06. The van der Waals surface area contributed by atoms with Gasteiger partial charge in [0.2, 0.25) is 0 Å². The number of alkyl halides is 1. The van der Waals surface area contributed by atoms with Gasteiger partial charge in [-0.3, -0.25) is 4.68 Å². The fourth-order valence-electron chi connectivity index (χ4n) is 3.57. The van der Waals surface area contributed by atoms with Crippen LogP contribution in [0.15, 0.2) is 12.3 Å². The van der Waals surface area contributed by atoms with Crippen molar-refractivity contribution in [2.45, 2.75) is 63.6 Å². The van der Waals surface area contributed by atoms with E-state index >= 15 is 0 Å². The Bertz CT molecular complexity index is 398. The summed E-state index contributed by atoms with van der Waals surface area (Å²) < 4.78 is 2.18. The lowest BCUT2D eigenvalue weighted by Crippen LogP contribution is -2.32. The summed E-state index contributed by atoms with van der Waals surface area (Å²) in [6.07, 6.45) is 11.3. The van der Waals surface area contributed by atoms with Crippen molar-refractivity contribution >= 4 is 11.6 Å². The molecule has 0 saturated heterocycles. The van der Waals surface area contributed by atoms with E-state index in [1.165, 1.54) is 50.6 Å². The molecule has 3 nitrogen and oxygen atoms in total. The Balaban J connectivity index is 1.52. The van der Waals surface area contributed by atoms with Gasteiger partial charge in [0, 0.05) is 24.7 Å². The monoisotopic (exact) mass is 281 g/mol. The molecule has 106 valence electrons. The fraction of sp³-hybridized carbons (Fsp3) is 0.800. The minimum atomic E-state index is 0.592. The molecular weight excluding hydrogens is 258 g/mol. The molecule has 0 radical (unpaired) electrons. The molecule has 0 spiro atoms. The number of aromatic nitrogens is 2. The third-order valence-corrected chi connectivity index (χ3v) is 5.16. The molecule has 1 aromatic heterocycles. The summed E-state index contributed by atoms with van der Waals surface area (Å²) in [6, 6.07) is 3.40. The zero-order valence-electron chi connectivity index (χ0n) is 11.5. The van der Waals surface area contributed by atoms with Crippen molar-refractivity contribution in [3.05, 3.63) is 18.0 Å². The van der Waals surface area contributed by atoms with Crippen LogP contribution in [0.1, 0.15) is 56.7 Å². The third kappa shape index (κ3) is 3.14. The molecule has 2 fully saturated rings. The van der Waals surface area contributed by atoms with E-state index in [4.69, 9.17) is 16.7 Å². The third-order valence-electron chi connectivity index (χ3n) is 4.77. The van der Waals surface area contributed by atoms with E-state index in [2.05, 4.69) is 22.3 Å². The molecule has 2 unspecified atom stereocenters. The van der Waals surface area contributed by atoms with Crippen molar-refractivity contribution in [2.24, 2.45) is 5.92 Å². The highest BCUT2D eigenvalue weighted by Gasteiger charge is 2.26. The summed E-state index contributed by atoms with van der Waals surface area (Å²) in [5, 5.41) is 8.37. The first-order valence-corrected chi connectivity index (χ1v) is 8.23. The molecule has 0 aliphatic heterocycles. The van der Waals surface area contributed by atoms with Crippen molar-refractivity contribution in [1.82, 2.24) is 15.1 Å². The maximum atomic E-state index is 6.01. The van der Waals surface area contributed by atoms with Crippen LogP contribution < -0.4 is 5.32 Å². The molecule has 0 bridgehead atoms. The fourth-order valence-corrected chi connectivity index (χ4v) is 3.94. The number of hydrogen-bond acceptors (Lipinski definition) is 2. The van der Waals surface area contributed by atoms with Crippen molar-refractivity contribution in [3.63, 3.8) is 0 Å². The first-order valence-electron chi connectivity index (χ1n) is 7.70. The van der Waals surface area contributed by atoms with E-state index in [9.17, 15) is 0 Å². The summed E-state index contributed by atoms with van der Waals surface area (Å²) in [4.78, 5) is 0. The van der Waals surface area contributed by atoms with Gasteiger partial charge >= 0.3 is 0 Å². The highest BCUT2D eigenvalue weighted by Crippen LogP contribution is 2.29. The highest BCUT2D eigenvalue weighted by atomic mass is 35.5. The normalized spacial score (nSPS) is 28.3. The molecule has 2 atom stereocenters. The molecule has 1 N–H and O–H groups in total. The van der Waals surface area contributed by atoms with Crippen molar-refractivity contribution in [3.8, 4) is 0 Å². The van der Waals surface area contributed by atoms with Gasteiger partial charge in [-0.2, -0.15) is 5.10 Å². The summed E-state index contributed by atoms with van der Waals surface area (Å²) in [6.45, 7) is 0.887. The highest BCUT2D eigenvalue weighted by molar-refractivity contribution is 6.18. The first-order chi connectivity index (χ1) is 9.36. The lowest BCUT2D eigenvalue weighted by molar-refractivity contribution is 0.420. The molecule has 3 rings (SSSR count). The summed E-state index contributed by atoms with van der Waals surface area (Å²) in [5.74, 6) is 1.44. The van der Waals surface area contributed by atoms with Crippen molar-refractivity contribution in [1.29, 1.82) is 0 Å². The summed E-state index contributed by atoms with van der Waals surface area (Å²) in [7, 11) is 0. The minimum Gasteiger partial charge on any atom is -0.308 e. The largest absolute Gasteiger partial charge is 0.308 e. The molecule has 4 heteroatoms. The Morgan fingerprint density at radius 3 is 2.84 bits per heavy atom. The second kappa shape index (κ2) is 6.27. The molecule has 0 amide bonds. The number of nitrogens with zero attached hydrogens (tertiary/aromatic N) is 2. The number of nitrogens with one attached hydrogen (secondary N) is 1. The standard InChI is InChI=1S/C15H24ClN3/c16-10-12-4-3-7-15(12)17-11-13-8-9-19(18-13)14-5-1-2-6-14/h8-9,12,14-15,17H,1-7,10-11H2. The van der Waals surface area contributed by atoms with Crippen LogP contribution in [0.5, 0.6) is 0 Å². The predicted molar refractivity (Wildman–Crippen MR) is 78.4 cm³/mol. The van der Waals surface area contributed by atoms with Crippen molar-refractivity contribution in [2.75, 3.05) is 5.88 Å². The molecule has 0 aromatic carbocycles. The number of rotatable bonds is 5. The number of halogens is 1. The van der Waals surface area contributed by atoms with E-state index in [-0.39, 0.29) is 0 Å². The van der Waals surface area contributed by atoms with E-state index in [0.717, 1.165) is 12.4 Å². The molecule has 1 aromatic rings. The first kappa shape index (κ1) is 13.4. The quantitative estimate of drug-likeness (QED) is 0.837. The molecule has 1 heterocycles. The van der Waals surface area contributed by atoms with E-state index in [1.54, 1.807) is 0 Å². The van der Waals surface area contributed by atoms with Gasteiger partial charge in [-0.1, -0.05) is 19.3 Å². The Morgan fingerprint density at radius 1 is 1.21 bits per heavy atom. The van der Waals surface area contributed by atoms with Gasteiger partial charge < -0.3 is 5.32 Å². The Morgan fingerprint density at radius 2 is 2.05 bits per heavy atom. The lowest BCUT2D eigenvalue weighted by Gasteiger charge is -2.18. The van der Waals surface area contributed by atoms with Crippen LogP contribution in [0.3, 0.4) is 0 Å². The van der Waals surface area contributed by atoms with Crippen LogP contribution in [0, 0.1) is 5.92 Å². The van der Waals surface area contributed by atoms with Crippen LogP contribution in [0.4, 0.5) is 0 Å². The van der Waals surface area contributed by atoms with Gasteiger partial charge in [0.05, 0.1) is 11.7 Å². The molecule has 2 aliphatic rings. The topological polar surface area (TPSA) is 29.9 Å². The Kier molecular flexibility index (Phi) is 4.44. The van der Waals surface area contributed by atoms with Gasteiger partial charge in [-0.05, 0) is 37.7 Å². The van der Waals surface area contributed by atoms with E-state index < -0.39 is 0 Å². The average molecular weight is 282 g/mol. The molecule has 2 aliphatic carbocycles. The maximum Gasteiger partial charge on any atom is 0.0762 e.